The zero-order valence-corrected chi connectivity index (χ0v) is 12.2. The maximum atomic E-state index is 5.88. The topological polar surface area (TPSA) is 9.23 Å². The van der Waals surface area contributed by atoms with Gasteiger partial charge in [0.1, 0.15) is 0 Å². The molecule has 1 fully saturated rings. The van der Waals surface area contributed by atoms with Crippen LogP contribution in [0.25, 0.3) is 0 Å². The SMILES string of the molecule is Clc1ccc(C(Br)CCC2CCCCO2)cc1. The fourth-order valence-corrected chi connectivity index (χ4v) is 2.90. The second kappa shape index (κ2) is 6.77. The van der Waals surface area contributed by atoms with Crippen molar-refractivity contribution in [2.75, 3.05) is 6.61 Å². The lowest BCUT2D eigenvalue weighted by Gasteiger charge is -2.23. The second-order valence-electron chi connectivity index (χ2n) is 4.59. The summed E-state index contributed by atoms with van der Waals surface area (Å²) in [4.78, 5) is 0.408. The molecule has 2 atom stereocenters. The van der Waals surface area contributed by atoms with E-state index in [2.05, 4.69) is 28.1 Å². The molecule has 0 N–H and O–H groups in total. The Morgan fingerprint density at radius 2 is 2.06 bits per heavy atom. The molecule has 0 amide bonds. The number of benzene rings is 1. The van der Waals surface area contributed by atoms with Crippen LogP contribution in [0.4, 0.5) is 0 Å². The Morgan fingerprint density at radius 3 is 2.71 bits per heavy atom. The van der Waals surface area contributed by atoms with E-state index in [1.807, 2.05) is 12.1 Å². The third-order valence-corrected chi connectivity index (χ3v) is 4.49. The molecule has 3 heteroatoms. The molecular formula is C14H18BrClO. The Hall–Kier alpha value is -0.0500. The molecule has 94 valence electrons. The summed E-state index contributed by atoms with van der Waals surface area (Å²) < 4.78 is 5.74. The van der Waals surface area contributed by atoms with E-state index in [4.69, 9.17) is 16.3 Å². The molecule has 0 spiro atoms. The van der Waals surface area contributed by atoms with Crippen molar-refractivity contribution in [1.29, 1.82) is 0 Å². The van der Waals surface area contributed by atoms with Gasteiger partial charge in [-0.3, -0.25) is 0 Å². The van der Waals surface area contributed by atoms with Crippen molar-refractivity contribution in [2.24, 2.45) is 0 Å². The van der Waals surface area contributed by atoms with E-state index < -0.39 is 0 Å². The van der Waals surface area contributed by atoms with Gasteiger partial charge in [0.05, 0.1) is 6.10 Å². The average molecular weight is 318 g/mol. The zero-order valence-electron chi connectivity index (χ0n) is 9.87. The van der Waals surface area contributed by atoms with Gasteiger partial charge in [0.15, 0.2) is 0 Å². The first kappa shape index (κ1) is 13.4. The predicted octanol–water partition coefficient (Wildman–Crippen LogP) is 5.13. The molecule has 2 rings (SSSR count). The number of ether oxygens (including phenoxy) is 1. The van der Waals surface area contributed by atoms with Crippen LogP contribution in [0.1, 0.15) is 42.5 Å². The van der Waals surface area contributed by atoms with E-state index in [9.17, 15) is 0 Å². The minimum atomic E-state index is 0.408. The fraction of sp³-hybridized carbons (Fsp3) is 0.571. The lowest BCUT2D eigenvalue weighted by molar-refractivity contribution is 0.0102. The Labute approximate surface area is 117 Å². The maximum Gasteiger partial charge on any atom is 0.0575 e. The fourth-order valence-electron chi connectivity index (χ4n) is 2.21. The average Bonchev–Trinajstić information content (AvgIpc) is 2.38. The smallest absolute Gasteiger partial charge is 0.0575 e. The Bertz CT molecular complexity index is 333. The standard InChI is InChI=1S/C14H18BrClO/c15-14(11-4-6-12(16)7-5-11)9-8-13-3-1-2-10-17-13/h4-7,13-14H,1-3,8-10H2. The van der Waals surface area contributed by atoms with Gasteiger partial charge in [-0.1, -0.05) is 39.7 Å². The first-order chi connectivity index (χ1) is 8.25. The van der Waals surface area contributed by atoms with Gasteiger partial charge in [-0.15, -0.1) is 0 Å². The molecule has 1 saturated heterocycles. The van der Waals surface area contributed by atoms with E-state index in [0.717, 1.165) is 24.5 Å². The van der Waals surface area contributed by atoms with E-state index >= 15 is 0 Å². The zero-order chi connectivity index (χ0) is 12.1. The number of halogens is 2. The minimum Gasteiger partial charge on any atom is -0.378 e. The van der Waals surface area contributed by atoms with E-state index in [-0.39, 0.29) is 0 Å². The summed E-state index contributed by atoms with van der Waals surface area (Å²) in [5, 5.41) is 0.795. The van der Waals surface area contributed by atoms with Crippen molar-refractivity contribution in [3.63, 3.8) is 0 Å². The lowest BCUT2D eigenvalue weighted by atomic mass is 10.0. The monoisotopic (exact) mass is 316 g/mol. The van der Waals surface area contributed by atoms with Crippen LogP contribution in [0.15, 0.2) is 24.3 Å². The number of rotatable bonds is 4. The van der Waals surface area contributed by atoms with Crippen molar-refractivity contribution < 1.29 is 4.74 Å². The highest BCUT2D eigenvalue weighted by molar-refractivity contribution is 9.09. The third kappa shape index (κ3) is 4.27. The molecule has 1 nitrogen and oxygen atoms in total. The van der Waals surface area contributed by atoms with E-state index in [1.54, 1.807) is 0 Å². The van der Waals surface area contributed by atoms with Crippen LogP contribution in [-0.4, -0.2) is 12.7 Å². The molecule has 17 heavy (non-hydrogen) atoms. The Morgan fingerprint density at radius 1 is 1.29 bits per heavy atom. The van der Waals surface area contributed by atoms with Gasteiger partial charge in [-0.05, 0) is 49.8 Å². The van der Waals surface area contributed by atoms with Crippen molar-refractivity contribution in [3.8, 4) is 0 Å². The lowest BCUT2D eigenvalue weighted by Crippen LogP contribution is -2.19. The molecule has 1 aliphatic rings. The Balaban J connectivity index is 1.80. The van der Waals surface area contributed by atoms with Gasteiger partial charge < -0.3 is 4.74 Å². The summed E-state index contributed by atoms with van der Waals surface area (Å²) in [6.45, 7) is 0.943. The van der Waals surface area contributed by atoms with Gasteiger partial charge in [0, 0.05) is 16.5 Å². The molecule has 1 aromatic rings. The molecule has 0 saturated carbocycles. The van der Waals surface area contributed by atoms with Crippen LogP contribution in [0.2, 0.25) is 5.02 Å². The van der Waals surface area contributed by atoms with E-state index in [0.29, 0.717) is 10.9 Å². The number of hydrogen-bond donors (Lipinski definition) is 0. The van der Waals surface area contributed by atoms with Gasteiger partial charge in [0.25, 0.3) is 0 Å². The van der Waals surface area contributed by atoms with Crippen LogP contribution in [0.3, 0.4) is 0 Å². The first-order valence-corrected chi connectivity index (χ1v) is 7.56. The van der Waals surface area contributed by atoms with Crippen LogP contribution < -0.4 is 0 Å². The normalized spacial score (nSPS) is 22.4. The highest BCUT2D eigenvalue weighted by atomic mass is 79.9. The molecule has 0 aromatic heterocycles. The molecular weight excluding hydrogens is 300 g/mol. The maximum absolute atomic E-state index is 5.88. The molecule has 1 aliphatic heterocycles. The molecule has 2 unspecified atom stereocenters. The summed E-state index contributed by atoms with van der Waals surface area (Å²) >= 11 is 9.62. The summed E-state index contributed by atoms with van der Waals surface area (Å²) in [5.41, 5.74) is 1.30. The van der Waals surface area contributed by atoms with Gasteiger partial charge >= 0.3 is 0 Å². The van der Waals surface area contributed by atoms with Gasteiger partial charge in [-0.25, -0.2) is 0 Å². The second-order valence-corrected chi connectivity index (χ2v) is 6.13. The molecule has 0 bridgehead atoms. The van der Waals surface area contributed by atoms with Gasteiger partial charge in [0.2, 0.25) is 0 Å². The quantitative estimate of drug-likeness (QED) is 0.700. The molecule has 1 heterocycles. The van der Waals surface area contributed by atoms with Gasteiger partial charge in [-0.2, -0.15) is 0 Å². The van der Waals surface area contributed by atoms with Crippen molar-refractivity contribution >= 4 is 27.5 Å². The first-order valence-electron chi connectivity index (χ1n) is 6.27. The Kier molecular flexibility index (Phi) is 5.33. The highest BCUT2D eigenvalue weighted by Gasteiger charge is 2.16. The van der Waals surface area contributed by atoms with Crippen molar-refractivity contribution in [3.05, 3.63) is 34.9 Å². The number of hydrogen-bond acceptors (Lipinski definition) is 1. The summed E-state index contributed by atoms with van der Waals surface area (Å²) in [6.07, 6.45) is 6.49. The van der Waals surface area contributed by atoms with Crippen LogP contribution >= 0.6 is 27.5 Å². The summed E-state index contributed by atoms with van der Waals surface area (Å²) in [5.74, 6) is 0. The highest BCUT2D eigenvalue weighted by Crippen LogP contribution is 2.30. The molecule has 0 radical (unpaired) electrons. The minimum absolute atomic E-state index is 0.408. The van der Waals surface area contributed by atoms with E-state index in [1.165, 1.54) is 24.8 Å². The molecule has 0 aliphatic carbocycles. The van der Waals surface area contributed by atoms with Crippen LogP contribution in [0.5, 0.6) is 0 Å². The predicted molar refractivity (Wildman–Crippen MR) is 75.9 cm³/mol. The van der Waals surface area contributed by atoms with Crippen LogP contribution in [-0.2, 0) is 4.74 Å². The summed E-state index contributed by atoms with van der Waals surface area (Å²) in [7, 11) is 0. The third-order valence-electron chi connectivity index (χ3n) is 3.25. The molecule has 1 aromatic carbocycles. The summed E-state index contributed by atoms with van der Waals surface area (Å²) in [6, 6.07) is 8.07. The van der Waals surface area contributed by atoms with Crippen LogP contribution in [0, 0.1) is 0 Å². The largest absolute Gasteiger partial charge is 0.378 e. The number of alkyl halides is 1. The van der Waals surface area contributed by atoms with Crippen molar-refractivity contribution in [2.45, 2.75) is 43.0 Å². The van der Waals surface area contributed by atoms with Crippen molar-refractivity contribution in [1.82, 2.24) is 0 Å².